The Hall–Kier alpha value is -2.77. The maximum atomic E-state index is 11.8. The lowest BCUT2D eigenvalue weighted by Gasteiger charge is -2.15. The van der Waals surface area contributed by atoms with E-state index in [4.69, 9.17) is 9.84 Å². The molecule has 0 saturated heterocycles. The maximum Gasteiger partial charge on any atom is 0.336 e. The number of rotatable bonds is 6. The van der Waals surface area contributed by atoms with Gasteiger partial charge >= 0.3 is 11.9 Å². The van der Waals surface area contributed by atoms with Gasteiger partial charge < -0.3 is 9.84 Å². The van der Waals surface area contributed by atoms with Crippen LogP contribution in [-0.4, -0.2) is 34.4 Å². The van der Waals surface area contributed by atoms with Crippen molar-refractivity contribution in [1.82, 2.24) is 0 Å². The molecule has 0 bridgehead atoms. The number of nitrogens with zero attached hydrogens (tertiary/aromatic N) is 1. The number of non-ortho nitro benzene ring substituents is 1. The van der Waals surface area contributed by atoms with E-state index in [1.165, 1.54) is 6.92 Å². The van der Waals surface area contributed by atoms with E-state index in [0.29, 0.717) is 0 Å². The van der Waals surface area contributed by atoms with E-state index < -0.39 is 34.3 Å². The van der Waals surface area contributed by atoms with Gasteiger partial charge in [0.05, 0.1) is 17.1 Å². The topological polar surface area (TPSA) is 124 Å². The highest BCUT2D eigenvalue weighted by atomic mass is 16.6. The Morgan fingerprint density at radius 1 is 1.38 bits per heavy atom. The Balaban J connectivity index is 3.49. The maximum absolute atomic E-state index is 11.8. The quantitative estimate of drug-likeness (QED) is 0.365. The number of ether oxygens (including phenoxy) is 1. The monoisotopic (exact) mass is 295 g/mol. The predicted octanol–water partition coefficient (Wildman–Crippen LogP) is 1.53. The summed E-state index contributed by atoms with van der Waals surface area (Å²) in [7, 11) is 0. The fourth-order valence-electron chi connectivity index (χ4n) is 1.83. The lowest BCUT2D eigenvalue weighted by molar-refractivity contribution is -0.384. The summed E-state index contributed by atoms with van der Waals surface area (Å²) in [4.78, 5) is 44.7. The van der Waals surface area contributed by atoms with Crippen LogP contribution in [0, 0.1) is 10.1 Å². The van der Waals surface area contributed by atoms with E-state index in [1.54, 1.807) is 0 Å². The number of hydrogen-bond donors (Lipinski definition) is 1. The molecule has 0 amide bonds. The Morgan fingerprint density at radius 2 is 2.00 bits per heavy atom. The van der Waals surface area contributed by atoms with E-state index in [9.17, 15) is 24.5 Å². The van der Waals surface area contributed by atoms with Crippen LogP contribution < -0.4 is 0 Å². The molecule has 1 N–H and O–H groups in total. The molecule has 0 aliphatic heterocycles. The number of carboxylic acids is 1. The summed E-state index contributed by atoms with van der Waals surface area (Å²) in [6.07, 6.45) is 0. The molecule has 0 aromatic heterocycles. The number of benzene rings is 1. The van der Waals surface area contributed by atoms with Crippen LogP contribution in [0.3, 0.4) is 0 Å². The minimum Gasteiger partial charge on any atom is -0.478 e. The van der Waals surface area contributed by atoms with E-state index >= 15 is 0 Å². The Kier molecular flexibility index (Phi) is 5.12. The lowest BCUT2D eigenvalue weighted by atomic mass is 9.90. The summed E-state index contributed by atoms with van der Waals surface area (Å²) in [6.45, 7) is 2.62. The van der Waals surface area contributed by atoms with Crippen molar-refractivity contribution in [3.63, 3.8) is 0 Å². The molecule has 21 heavy (non-hydrogen) atoms. The second kappa shape index (κ2) is 6.60. The van der Waals surface area contributed by atoms with Gasteiger partial charge in [0.25, 0.3) is 5.69 Å². The van der Waals surface area contributed by atoms with Gasteiger partial charge in [-0.05, 0) is 25.5 Å². The van der Waals surface area contributed by atoms with Crippen LogP contribution in [0.4, 0.5) is 5.69 Å². The summed E-state index contributed by atoms with van der Waals surface area (Å²) in [5, 5.41) is 19.9. The molecule has 1 rings (SSSR count). The van der Waals surface area contributed by atoms with Gasteiger partial charge in [-0.3, -0.25) is 19.7 Å². The summed E-state index contributed by atoms with van der Waals surface area (Å²) in [5.74, 6) is -4.49. The molecule has 1 aromatic rings. The first-order chi connectivity index (χ1) is 9.79. The van der Waals surface area contributed by atoms with E-state index in [1.807, 2.05) is 0 Å². The molecule has 8 nitrogen and oxygen atoms in total. The van der Waals surface area contributed by atoms with Gasteiger partial charge in [-0.2, -0.15) is 0 Å². The molecule has 0 aliphatic rings. The third-order valence-corrected chi connectivity index (χ3v) is 2.72. The molecule has 0 spiro atoms. The summed E-state index contributed by atoms with van der Waals surface area (Å²) in [6, 6.07) is 2.90. The fraction of sp³-hybridized carbons (Fsp3) is 0.308. The van der Waals surface area contributed by atoms with Gasteiger partial charge in [-0.25, -0.2) is 4.79 Å². The van der Waals surface area contributed by atoms with Crippen molar-refractivity contribution in [3.05, 3.63) is 39.4 Å². The van der Waals surface area contributed by atoms with Crippen LogP contribution in [0.25, 0.3) is 0 Å². The molecule has 0 radical (unpaired) electrons. The van der Waals surface area contributed by atoms with Crippen molar-refractivity contribution in [2.75, 3.05) is 6.61 Å². The SMILES string of the molecule is CCOC(=O)C(C(C)=O)c1cc([N+](=O)[O-])ccc1C(=O)O. The first-order valence-electron chi connectivity index (χ1n) is 5.98. The van der Waals surface area contributed by atoms with Gasteiger partial charge in [0.1, 0.15) is 11.7 Å². The molecule has 0 heterocycles. The highest BCUT2D eigenvalue weighted by Crippen LogP contribution is 2.27. The molecular weight excluding hydrogens is 282 g/mol. The Morgan fingerprint density at radius 3 is 2.43 bits per heavy atom. The number of carboxylic acid groups (broad SMARTS) is 1. The fourth-order valence-corrected chi connectivity index (χ4v) is 1.83. The van der Waals surface area contributed by atoms with Crippen molar-refractivity contribution in [2.24, 2.45) is 0 Å². The molecule has 0 aliphatic carbocycles. The van der Waals surface area contributed by atoms with Crippen LogP contribution in [0.5, 0.6) is 0 Å². The number of nitro benzene ring substituents is 1. The van der Waals surface area contributed by atoms with Crippen LogP contribution in [0.2, 0.25) is 0 Å². The van der Waals surface area contributed by atoms with Crippen molar-refractivity contribution in [2.45, 2.75) is 19.8 Å². The molecule has 112 valence electrons. The molecule has 8 heteroatoms. The average molecular weight is 295 g/mol. The number of aromatic carboxylic acids is 1. The van der Waals surface area contributed by atoms with Crippen molar-refractivity contribution < 1.29 is 29.2 Å². The van der Waals surface area contributed by atoms with Crippen LogP contribution >= 0.6 is 0 Å². The number of ketones is 1. The van der Waals surface area contributed by atoms with Crippen LogP contribution in [-0.2, 0) is 14.3 Å². The average Bonchev–Trinajstić information content (AvgIpc) is 2.38. The third-order valence-electron chi connectivity index (χ3n) is 2.72. The summed E-state index contributed by atoms with van der Waals surface area (Å²) >= 11 is 0. The first-order valence-corrected chi connectivity index (χ1v) is 5.98. The molecule has 1 atom stereocenters. The molecule has 1 aromatic carbocycles. The second-order valence-electron chi connectivity index (χ2n) is 4.13. The first kappa shape index (κ1) is 16.3. The van der Waals surface area contributed by atoms with Crippen LogP contribution in [0.15, 0.2) is 18.2 Å². The number of Topliss-reactive ketones (excluding diaryl/α,β-unsaturated/α-hetero) is 1. The zero-order valence-electron chi connectivity index (χ0n) is 11.4. The summed E-state index contributed by atoms with van der Waals surface area (Å²) < 4.78 is 4.73. The van der Waals surface area contributed by atoms with Gasteiger partial charge in [0.2, 0.25) is 0 Å². The highest BCUT2D eigenvalue weighted by Gasteiger charge is 2.32. The largest absolute Gasteiger partial charge is 0.478 e. The number of carbonyl (C=O) groups excluding carboxylic acids is 2. The Bertz CT molecular complexity index is 609. The number of esters is 1. The predicted molar refractivity (Wildman–Crippen MR) is 70.1 cm³/mol. The number of carbonyl (C=O) groups is 3. The zero-order chi connectivity index (χ0) is 16.2. The molecule has 1 unspecified atom stereocenters. The minimum absolute atomic E-state index is 0.0000546. The van der Waals surface area contributed by atoms with Gasteiger partial charge in [-0.1, -0.05) is 0 Å². The number of nitro groups is 1. The van der Waals surface area contributed by atoms with Crippen LogP contribution in [0.1, 0.15) is 35.7 Å². The lowest BCUT2D eigenvalue weighted by Crippen LogP contribution is -2.24. The van der Waals surface area contributed by atoms with Crippen molar-refractivity contribution in [1.29, 1.82) is 0 Å². The molecule has 0 fully saturated rings. The van der Waals surface area contributed by atoms with Crippen molar-refractivity contribution in [3.8, 4) is 0 Å². The van der Waals surface area contributed by atoms with Gasteiger partial charge in [0.15, 0.2) is 0 Å². The zero-order valence-corrected chi connectivity index (χ0v) is 11.4. The Labute approximate surface area is 119 Å². The number of hydrogen-bond acceptors (Lipinski definition) is 6. The highest BCUT2D eigenvalue weighted by molar-refractivity contribution is 6.06. The van der Waals surface area contributed by atoms with Gasteiger partial charge in [0, 0.05) is 12.1 Å². The molecular formula is C13H13NO7. The smallest absolute Gasteiger partial charge is 0.336 e. The van der Waals surface area contributed by atoms with E-state index in [-0.39, 0.29) is 17.7 Å². The minimum atomic E-state index is -1.50. The molecule has 0 saturated carbocycles. The van der Waals surface area contributed by atoms with E-state index in [0.717, 1.165) is 25.1 Å². The normalized spacial score (nSPS) is 11.5. The van der Waals surface area contributed by atoms with E-state index in [2.05, 4.69) is 0 Å². The summed E-state index contributed by atoms with van der Waals surface area (Å²) in [5.41, 5.74) is -1.01. The van der Waals surface area contributed by atoms with Gasteiger partial charge in [-0.15, -0.1) is 0 Å². The second-order valence-corrected chi connectivity index (χ2v) is 4.13. The standard InChI is InChI=1S/C13H13NO7/c1-3-21-13(18)11(7(2)15)10-6-8(14(19)20)4-5-9(10)12(16)17/h4-6,11H,3H2,1-2H3,(H,16,17). The third kappa shape index (κ3) is 3.62. The van der Waals surface area contributed by atoms with Crippen molar-refractivity contribution >= 4 is 23.4 Å².